The van der Waals surface area contributed by atoms with Crippen LogP contribution in [0.5, 0.6) is 11.6 Å². The Hall–Kier alpha value is -3.19. The summed E-state index contributed by atoms with van der Waals surface area (Å²) < 4.78 is 5.76. The molecule has 4 nitrogen and oxygen atoms in total. The maximum atomic E-state index is 8.81. The summed E-state index contributed by atoms with van der Waals surface area (Å²) in [5.74, 6) is 1.75. The van der Waals surface area contributed by atoms with E-state index in [2.05, 4.69) is 16.0 Å². The van der Waals surface area contributed by atoms with Gasteiger partial charge in [0.15, 0.2) is 5.82 Å². The van der Waals surface area contributed by atoms with Gasteiger partial charge in [0.2, 0.25) is 5.88 Å². The molecule has 0 saturated carbocycles. The highest BCUT2D eigenvalue weighted by atomic mass is 16.5. The highest BCUT2D eigenvalue weighted by Crippen LogP contribution is 2.23. The fourth-order valence-electron chi connectivity index (χ4n) is 2.03. The quantitative estimate of drug-likeness (QED) is 0.727. The molecule has 0 bridgehead atoms. The van der Waals surface area contributed by atoms with E-state index in [4.69, 9.17) is 10.00 Å². The van der Waals surface area contributed by atoms with Crippen molar-refractivity contribution in [2.45, 2.75) is 6.92 Å². The van der Waals surface area contributed by atoms with E-state index >= 15 is 0 Å². The molecule has 1 heterocycles. The van der Waals surface area contributed by atoms with Crippen LogP contribution in [0.2, 0.25) is 0 Å². The lowest BCUT2D eigenvalue weighted by atomic mass is 10.2. The summed E-state index contributed by atoms with van der Waals surface area (Å²) in [5.41, 5.74) is 2.37. The van der Waals surface area contributed by atoms with Crippen LogP contribution in [0.1, 0.15) is 11.3 Å². The molecule has 4 heteroatoms. The largest absolute Gasteiger partial charge is 0.439 e. The van der Waals surface area contributed by atoms with Crippen LogP contribution in [0.3, 0.4) is 0 Å². The Balaban J connectivity index is 1.91. The van der Waals surface area contributed by atoms with Crippen LogP contribution >= 0.6 is 0 Å². The number of nitriles is 1. The molecule has 1 aromatic heterocycles. The standard InChI is InChI=1S/C18H13N3O/c1-13-11-17(22-16-9-7-14(12-19)8-10-16)21-18(20-13)15-5-3-2-4-6-15/h2-11H,1H3. The highest BCUT2D eigenvalue weighted by molar-refractivity contribution is 5.55. The first kappa shape index (κ1) is 13.8. The second-order valence-electron chi connectivity index (χ2n) is 4.78. The normalized spacial score (nSPS) is 10.0. The van der Waals surface area contributed by atoms with E-state index in [1.807, 2.05) is 37.3 Å². The summed E-state index contributed by atoms with van der Waals surface area (Å²) in [6.07, 6.45) is 0. The molecule has 0 amide bonds. The molecule has 2 aromatic carbocycles. The third kappa shape index (κ3) is 3.10. The van der Waals surface area contributed by atoms with Gasteiger partial charge in [0.05, 0.1) is 11.6 Å². The number of hydrogen-bond acceptors (Lipinski definition) is 4. The van der Waals surface area contributed by atoms with Gasteiger partial charge in [-0.1, -0.05) is 30.3 Å². The SMILES string of the molecule is Cc1cc(Oc2ccc(C#N)cc2)nc(-c2ccccc2)n1. The van der Waals surface area contributed by atoms with Crippen molar-refractivity contribution in [1.29, 1.82) is 5.26 Å². The van der Waals surface area contributed by atoms with Crippen LogP contribution in [0.4, 0.5) is 0 Å². The maximum Gasteiger partial charge on any atom is 0.223 e. The van der Waals surface area contributed by atoms with Crippen molar-refractivity contribution in [2.75, 3.05) is 0 Å². The summed E-state index contributed by atoms with van der Waals surface area (Å²) in [5, 5.41) is 8.81. The molecule has 0 saturated heterocycles. The second kappa shape index (κ2) is 6.06. The smallest absolute Gasteiger partial charge is 0.223 e. The van der Waals surface area contributed by atoms with Crippen molar-refractivity contribution in [3.63, 3.8) is 0 Å². The van der Waals surface area contributed by atoms with Crippen LogP contribution in [-0.2, 0) is 0 Å². The molecule has 0 aliphatic rings. The fourth-order valence-corrected chi connectivity index (χ4v) is 2.03. The van der Waals surface area contributed by atoms with Crippen LogP contribution in [0.15, 0.2) is 60.7 Å². The number of aryl methyl sites for hydroxylation is 1. The molecule has 3 aromatic rings. The molecule has 0 radical (unpaired) electrons. The molecular formula is C18H13N3O. The molecule has 22 heavy (non-hydrogen) atoms. The van der Waals surface area contributed by atoms with Crippen molar-refractivity contribution >= 4 is 0 Å². The van der Waals surface area contributed by atoms with Crippen molar-refractivity contribution in [2.24, 2.45) is 0 Å². The minimum atomic E-state index is 0.482. The van der Waals surface area contributed by atoms with E-state index in [-0.39, 0.29) is 0 Å². The summed E-state index contributed by atoms with van der Waals surface area (Å²) >= 11 is 0. The van der Waals surface area contributed by atoms with Gasteiger partial charge < -0.3 is 4.74 Å². The Bertz CT molecular complexity index is 821. The van der Waals surface area contributed by atoms with Crippen LogP contribution < -0.4 is 4.74 Å². The summed E-state index contributed by atoms with van der Waals surface area (Å²) in [7, 11) is 0. The number of benzene rings is 2. The zero-order valence-corrected chi connectivity index (χ0v) is 12.0. The van der Waals surface area contributed by atoms with E-state index in [1.165, 1.54) is 0 Å². The first-order valence-corrected chi connectivity index (χ1v) is 6.84. The van der Waals surface area contributed by atoms with Crippen molar-refractivity contribution in [3.05, 3.63) is 71.9 Å². The van der Waals surface area contributed by atoms with E-state index in [0.717, 1.165) is 11.3 Å². The Labute approximate surface area is 128 Å². The molecule has 0 N–H and O–H groups in total. The predicted molar refractivity (Wildman–Crippen MR) is 83.4 cm³/mol. The van der Waals surface area contributed by atoms with Gasteiger partial charge in [0.1, 0.15) is 5.75 Å². The van der Waals surface area contributed by atoms with Gasteiger partial charge in [-0.25, -0.2) is 4.98 Å². The van der Waals surface area contributed by atoms with Crippen LogP contribution in [0.25, 0.3) is 11.4 Å². The van der Waals surface area contributed by atoms with Crippen LogP contribution in [0, 0.1) is 18.3 Å². The van der Waals surface area contributed by atoms with E-state index < -0.39 is 0 Å². The van der Waals surface area contributed by atoms with Crippen LogP contribution in [-0.4, -0.2) is 9.97 Å². The van der Waals surface area contributed by atoms with E-state index in [0.29, 0.717) is 23.0 Å². The average Bonchev–Trinajstić information content (AvgIpc) is 2.56. The molecule has 0 unspecified atom stereocenters. The number of aromatic nitrogens is 2. The zero-order chi connectivity index (χ0) is 15.4. The second-order valence-corrected chi connectivity index (χ2v) is 4.78. The van der Waals surface area contributed by atoms with E-state index in [9.17, 15) is 0 Å². The first-order chi connectivity index (χ1) is 10.7. The molecule has 3 rings (SSSR count). The van der Waals surface area contributed by atoms with Gasteiger partial charge >= 0.3 is 0 Å². The number of nitrogens with zero attached hydrogens (tertiary/aromatic N) is 3. The van der Waals surface area contributed by atoms with Gasteiger partial charge in [0.25, 0.3) is 0 Å². The summed E-state index contributed by atoms with van der Waals surface area (Å²) in [6.45, 7) is 1.90. The first-order valence-electron chi connectivity index (χ1n) is 6.84. The Kier molecular flexibility index (Phi) is 3.80. The number of rotatable bonds is 3. The molecule has 0 aliphatic carbocycles. The summed E-state index contributed by atoms with van der Waals surface area (Å²) in [6, 6.07) is 20.5. The van der Waals surface area contributed by atoms with Gasteiger partial charge in [-0.05, 0) is 31.2 Å². The minimum absolute atomic E-state index is 0.482. The lowest BCUT2D eigenvalue weighted by molar-refractivity contribution is 0.461. The topological polar surface area (TPSA) is 58.8 Å². The van der Waals surface area contributed by atoms with Gasteiger partial charge in [-0.15, -0.1) is 0 Å². The third-order valence-corrected chi connectivity index (χ3v) is 3.07. The molecule has 0 spiro atoms. The van der Waals surface area contributed by atoms with Gasteiger partial charge in [0, 0.05) is 17.3 Å². The van der Waals surface area contributed by atoms with Crippen molar-refractivity contribution < 1.29 is 4.74 Å². The van der Waals surface area contributed by atoms with Gasteiger partial charge in [-0.2, -0.15) is 10.2 Å². The zero-order valence-electron chi connectivity index (χ0n) is 12.0. The van der Waals surface area contributed by atoms with Gasteiger partial charge in [-0.3, -0.25) is 0 Å². The number of ether oxygens (including phenoxy) is 1. The average molecular weight is 287 g/mol. The molecule has 0 fully saturated rings. The molecule has 0 aliphatic heterocycles. The van der Waals surface area contributed by atoms with Crippen molar-refractivity contribution in [3.8, 4) is 29.1 Å². The highest BCUT2D eigenvalue weighted by Gasteiger charge is 2.06. The lowest BCUT2D eigenvalue weighted by Crippen LogP contribution is -1.95. The Morgan fingerprint density at radius 3 is 2.36 bits per heavy atom. The lowest BCUT2D eigenvalue weighted by Gasteiger charge is -2.08. The summed E-state index contributed by atoms with van der Waals surface area (Å²) in [4.78, 5) is 8.88. The third-order valence-electron chi connectivity index (χ3n) is 3.07. The fraction of sp³-hybridized carbons (Fsp3) is 0.0556. The minimum Gasteiger partial charge on any atom is -0.439 e. The van der Waals surface area contributed by atoms with E-state index in [1.54, 1.807) is 30.3 Å². The van der Waals surface area contributed by atoms with Crippen molar-refractivity contribution in [1.82, 2.24) is 9.97 Å². The Morgan fingerprint density at radius 2 is 1.68 bits per heavy atom. The Morgan fingerprint density at radius 1 is 0.955 bits per heavy atom. The monoisotopic (exact) mass is 287 g/mol. The maximum absolute atomic E-state index is 8.81. The number of hydrogen-bond donors (Lipinski definition) is 0. The predicted octanol–water partition coefficient (Wildman–Crippen LogP) is 4.12. The molecule has 106 valence electrons. The molecule has 0 atom stereocenters. The molecular weight excluding hydrogens is 274 g/mol.